The lowest BCUT2D eigenvalue weighted by molar-refractivity contribution is -0.384. The van der Waals surface area contributed by atoms with Crippen LogP contribution in [0.4, 0.5) is 5.69 Å². The van der Waals surface area contributed by atoms with Gasteiger partial charge in [0.05, 0.1) is 34.0 Å². The van der Waals surface area contributed by atoms with Crippen LogP contribution in [-0.2, 0) is 13.8 Å². The van der Waals surface area contributed by atoms with Gasteiger partial charge in [-0.25, -0.2) is 4.79 Å². The summed E-state index contributed by atoms with van der Waals surface area (Å²) >= 11 is 0. The molecule has 1 fully saturated rings. The van der Waals surface area contributed by atoms with Crippen molar-refractivity contribution in [1.82, 2.24) is 4.98 Å². The summed E-state index contributed by atoms with van der Waals surface area (Å²) in [6.07, 6.45) is 0. The predicted octanol–water partition coefficient (Wildman–Crippen LogP) is 4.15. The Hall–Kier alpha value is -2.45. The predicted molar refractivity (Wildman–Crippen MR) is 121 cm³/mol. The summed E-state index contributed by atoms with van der Waals surface area (Å²) in [5, 5.41) is 11.6. The number of benzene rings is 1. The van der Waals surface area contributed by atoms with Crippen LogP contribution in [0.25, 0.3) is 11.1 Å². The molecule has 2 heterocycles. The maximum Gasteiger partial charge on any atom is 0.448 e. The molecule has 0 aliphatic carbocycles. The van der Waals surface area contributed by atoms with E-state index < -0.39 is 18.8 Å². The van der Waals surface area contributed by atoms with Crippen LogP contribution in [-0.4, -0.2) is 40.6 Å². The molecule has 9 nitrogen and oxygen atoms in total. The van der Waals surface area contributed by atoms with Crippen LogP contribution in [0.3, 0.4) is 0 Å². The van der Waals surface area contributed by atoms with E-state index in [4.69, 9.17) is 13.8 Å². The molecule has 1 saturated heterocycles. The number of nitrogens with zero attached hydrogens (tertiary/aromatic N) is 2. The van der Waals surface area contributed by atoms with Crippen molar-refractivity contribution in [2.24, 2.45) is 11.8 Å². The average molecular weight is 463 g/mol. The number of non-ortho nitro benzene ring substituents is 1. The van der Waals surface area contributed by atoms with Crippen molar-refractivity contribution in [2.75, 3.05) is 19.8 Å². The summed E-state index contributed by atoms with van der Waals surface area (Å²) < 4.78 is 17.0. The summed E-state index contributed by atoms with van der Waals surface area (Å²) in [6, 6.07) is 5.88. The lowest BCUT2D eigenvalue weighted by Gasteiger charge is -2.30. The van der Waals surface area contributed by atoms with Gasteiger partial charge in [-0.2, -0.15) is 13.9 Å². The van der Waals surface area contributed by atoms with Gasteiger partial charge in [0.1, 0.15) is 13.2 Å². The van der Waals surface area contributed by atoms with Crippen LogP contribution in [0.5, 0.6) is 0 Å². The molecule has 32 heavy (non-hydrogen) atoms. The minimum Gasteiger partial charge on any atom is -0.462 e. The van der Waals surface area contributed by atoms with Gasteiger partial charge in [-0.3, -0.25) is 15.1 Å². The zero-order valence-corrected chi connectivity index (χ0v) is 19.7. The number of nitro benzene ring substituents is 1. The fraction of sp³-hybridized carbons (Fsp3) is 0.455. The van der Waals surface area contributed by atoms with E-state index in [0.29, 0.717) is 36.1 Å². The molecule has 2 aromatic rings. The van der Waals surface area contributed by atoms with E-state index in [1.165, 1.54) is 18.2 Å². The molecule has 0 amide bonds. The molecule has 1 aliphatic rings. The number of aromatic nitrogens is 1. The summed E-state index contributed by atoms with van der Waals surface area (Å²) in [7, 11) is -3.62. The largest absolute Gasteiger partial charge is 0.462 e. The van der Waals surface area contributed by atoms with E-state index in [1.54, 1.807) is 26.8 Å². The second-order valence-corrected chi connectivity index (χ2v) is 10.0. The van der Waals surface area contributed by atoms with E-state index in [9.17, 15) is 19.8 Å². The Morgan fingerprint density at radius 3 is 2.53 bits per heavy atom. The summed E-state index contributed by atoms with van der Waals surface area (Å²) in [4.78, 5) is 39.8. The van der Waals surface area contributed by atoms with Gasteiger partial charge in [-0.15, -0.1) is 0 Å². The number of carbonyl (C=O) groups excluding carboxylic acids is 1. The van der Waals surface area contributed by atoms with Crippen molar-refractivity contribution in [2.45, 2.75) is 34.6 Å². The molecule has 1 aliphatic heterocycles. The van der Waals surface area contributed by atoms with Gasteiger partial charge in [0.25, 0.3) is 5.69 Å². The highest BCUT2D eigenvalue weighted by atomic mass is 31.2. The van der Waals surface area contributed by atoms with Gasteiger partial charge in [0, 0.05) is 18.1 Å². The van der Waals surface area contributed by atoms with Crippen LogP contribution in [0, 0.1) is 35.8 Å². The van der Waals surface area contributed by atoms with Crippen molar-refractivity contribution < 1.29 is 28.4 Å². The fourth-order valence-electron chi connectivity index (χ4n) is 3.69. The first kappa shape index (κ1) is 24.2. The Balaban J connectivity index is 2.28. The van der Waals surface area contributed by atoms with E-state index in [-0.39, 0.29) is 34.6 Å². The summed E-state index contributed by atoms with van der Waals surface area (Å²) in [5.41, 5.74) is 1.45. The monoisotopic (exact) mass is 463 g/mol. The average Bonchev–Trinajstić information content (AvgIpc) is 2.73. The number of esters is 1. The topological polar surface area (TPSA) is 121 Å². The van der Waals surface area contributed by atoms with E-state index in [1.807, 2.05) is 13.8 Å². The van der Waals surface area contributed by atoms with Crippen LogP contribution in [0.15, 0.2) is 24.3 Å². The number of carbonyl (C=O) groups is 1. The fourth-order valence-corrected chi connectivity index (χ4v) is 5.79. The zero-order chi connectivity index (χ0) is 23.6. The van der Waals surface area contributed by atoms with Crippen molar-refractivity contribution in [1.29, 1.82) is 0 Å². The quantitative estimate of drug-likeness (QED) is 0.294. The van der Waals surface area contributed by atoms with E-state index in [0.717, 1.165) is 0 Å². The maximum atomic E-state index is 12.9. The highest BCUT2D eigenvalue weighted by Crippen LogP contribution is 2.61. The second-order valence-electron chi connectivity index (χ2n) is 8.03. The lowest BCUT2D eigenvalue weighted by atomic mass is 9.97. The highest BCUT2D eigenvalue weighted by molar-refractivity contribution is 7.69. The Bertz CT molecular complexity index is 1030. The molecule has 0 unspecified atom stereocenters. The molecule has 10 heteroatoms. The van der Waals surface area contributed by atoms with Crippen molar-refractivity contribution in [3.05, 3.63) is 51.3 Å². The maximum absolute atomic E-state index is 12.9. The first-order chi connectivity index (χ1) is 15.1. The number of rotatable bonds is 6. The molecule has 0 atom stereocenters. The standard InChI is InChI=1S/C22H28N2O7P/c1-6-29-22(25)19-14(4)23-15(5)21(32(28)30-11-17(12-31-32)13(2)3)20(19)16-8-7-9-18(10-16)24(26)27/h7-10,13,17,28H,6,11-12H2,1-5H3/q+1. The Morgan fingerprint density at radius 1 is 1.31 bits per heavy atom. The number of nitro groups is 1. The smallest absolute Gasteiger partial charge is 0.448 e. The third-order valence-corrected chi connectivity index (χ3v) is 7.61. The molecule has 1 N–H and O–H groups in total. The first-order valence-corrected chi connectivity index (χ1v) is 12.0. The molecule has 3 rings (SSSR count). The lowest BCUT2D eigenvalue weighted by Crippen LogP contribution is -2.34. The minimum atomic E-state index is -3.62. The molecular formula is C22H28N2O7P+. The summed E-state index contributed by atoms with van der Waals surface area (Å²) in [6.45, 7) is 9.84. The second kappa shape index (κ2) is 9.58. The number of aryl methyl sites for hydroxylation is 2. The van der Waals surface area contributed by atoms with Gasteiger partial charge in [0.15, 0.2) is 0 Å². The molecule has 0 radical (unpaired) electrons. The van der Waals surface area contributed by atoms with Gasteiger partial charge in [-0.05, 0) is 32.3 Å². The Morgan fingerprint density at radius 2 is 1.97 bits per heavy atom. The molecular weight excluding hydrogens is 435 g/mol. The minimum absolute atomic E-state index is 0.111. The molecule has 172 valence electrons. The van der Waals surface area contributed by atoms with Crippen molar-refractivity contribution in [3.8, 4) is 11.1 Å². The molecule has 0 bridgehead atoms. The van der Waals surface area contributed by atoms with Crippen LogP contribution in [0.1, 0.15) is 42.5 Å². The van der Waals surface area contributed by atoms with E-state index in [2.05, 4.69) is 4.98 Å². The van der Waals surface area contributed by atoms with Gasteiger partial charge >= 0.3 is 13.9 Å². The Kier molecular flexibility index (Phi) is 7.25. The van der Waals surface area contributed by atoms with Gasteiger partial charge in [-0.1, -0.05) is 26.0 Å². The van der Waals surface area contributed by atoms with Crippen LogP contribution in [0.2, 0.25) is 0 Å². The van der Waals surface area contributed by atoms with Gasteiger partial charge in [0.2, 0.25) is 5.30 Å². The molecule has 0 saturated carbocycles. The third kappa shape index (κ3) is 4.66. The molecule has 0 spiro atoms. The molecule has 1 aromatic heterocycles. The Labute approximate surface area is 187 Å². The normalized spacial score (nSPS) is 20.9. The number of pyridine rings is 1. The number of hydrogen-bond acceptors (Lipinski definition) is 8. The van der Waals surface area contributed by atoms with Gasteiger partial charge < -0.3 is 4.74 Å². The van der Waals surface area contributed by atoms with Crippen LogP contribution >= 0.6 is 7.94 Å². The molecule has 1 aromatic carbocycles. The number of ether oxygens (including phenoxy) is 1. The number of hydrogen-bond donors (Lipinski definition) is 1. The summed E-state index contributed by atoms with van der Waals surface area (Å²) in [5.74, 6) is -0.226. The van der Waals surface area contributed by atoms with Crippen molar-refractivity contribution in [3.63, 3.8) is 0 Å². The first-order valence-electron chi connectivity index (χ1n) is 10.4. The zero-order valence-electron chi connectivity index (χ0n) is 18.8. The van der Waals surface area contributed by atoms with E-state index >= 15 is 0 Å². The SMILES string of the molecule is CCOC(=O)c1c(C)nc(C)c([P+]2(O)OCC(C(C)C)CO2)c1-c1cccc([N+](=O)[O-])c1. The van der Waals surface area contributed by atoms with Crippen molar-refractivity contribution >= 4 is 24.9 Å². The van der Waals surface area contributed by atoms with Crippen LogP contribution < -0.4 is 5.30 Å². The third-order valence-electron chi connectivity index (χ3n) is 5.50. The highest BCUT2D eigenvalue weighted by Gasteiger charge is 2.53.